The van der Waals surface area contributed by atoms with E-state index >= 15 is 0 Å². The van der Waals surface area contributed by atoms with Crippen molar-refractivity contribution in [2.45, 2.75) is 134 Å². The lowest BCUT2D eigenvalue weighted by molar-refractivity contribution is 0.372. The number of aryl methyl sites for hydroxylation is 1. The molecule has 1 spiro atoms. The maximum absolute atomic E-state index is 3.62. The van der Waals surface area contributed by atoms with Gasteiger partial charge >= 0.3 is 0 Å². The maximum Gasteiger partial charge on any atom is 0.0351 e. The number of hydrogen-bond acceptors (Lipinski definition) is 0. The van der Waals surface area contributed by atoms with Crippen molar-refractivity contribution in [3.05, 3.63) is 141 Å². The summed E-state index contributed by atoms with van der Waals surface area (Å²) in [6.45, 7) is 28.4. The van der Waals surface area contributed by atoms with Gasteiger partial charge in [-0.05, 0) is 90.1 Å². The molecule has 6 rings (SSSR count). The van der Waals surface area contributed by atoms with Crippen LogP contribution in [0.15, 0.2) is 84.9 Å². The van der Waals surface area contributed by atoms with E-state index in [0.29, 0.717) is 0 Å². The molecule has 0 N–H and O–H groups in total. The molecule has 2 aliphatic rings. The summed E-state index contributed by atoms with van der Waals surface area (Å²) in [7, 11) is 3.62. The van der Waals surface area contributed by atoms with Crippen LogP contribution < -0.4 is 0 Å². The monoisotopic (exact) mass is 628 g/mol. The van der Waals surface area contributed by atoms with Crippen molar-refractivity contribution in [3.63, 3.8) is 0 Å². The molecule has 0 fully saturated rings. The molecule has 4 atom stereocenters. The first-order chi connectivity index (χ1) is 21.2. The molecule has 2 aliphatic carbocycles. The number of fused-ring (bicyclic) bond motifs is 4. The van der Waals surface area contributed by atoms with Gasteiger partial charge in [-0.15, -0.1) is 9.24 Å². The van der Waals surface area contributed by atoms with Crippen LogP contribution in [-0.4, -0.2) is 0 Å². The fourth-order valence-corrected chi connectivity index (χ4v) is 9.44. The van der Waals surface area contributed by atoms with E-state index in [9.17, 15) is 0 Å². The summed E-state index contributed by atoms with van der Waals surface area (Å²) in [5, 5.41) is -0.295. The molecule has 242 valence electrons. The Morgan fingerprint density at radius 3 is 1.48 bits per heavy atom. The lowest BCUT2D eigenvalue weighted by atomic mass is 9.62. The van der Waals surface area contributed by atoms with Gasteiger partial charge in [0.25, 0.3) is 0 Å². The van der Waals surface area contributed by atoms with Crippen LogP contribution in [-0.2, 0) is 38.7 Å². The van der Waals surface area contributed by atoms with Crippen molar-refractivity contribution >= 4 is 9.24 Å². The second-order valence-electron chi connectivity index (χ2n) is 18.6. The Kier molecular flexibility index (Phi) is 7.70. The van der Waals surface area contributed by atoms with E-state index in [1.165, 1.54) is 55.6 Å². The summed E-state index contributed by atoms with van der Waals surface area (Å²) in [6, 6.07) is 34.1. The van der Waals surface area contributed by atoms with Crippen LogP contribution in [0.2, 0.25) is 0 Å². The van der Waals surface area contributed by atoms with Crippen LogP contribution in [0.4, 0.5) is 0 Å². The van der Waals surface area contributed by atoms with Gasteiger partial charge in [-0.25, -0.2) is 0 Å². The largest absolute Gasteiger partial charge is 0.124 e. The van der Waals surface area contributed by atoms with Gasteiger partial charge in [-0.3, -0.25) is 0 Å². The average molecular weight is 629 g/mol. The fourth-order valence-electron chi connectivity index (χ4n) is 8.45. The minimum atomic E-state index is -0.295. The van der Waals surface area contributed by atoms with Gasteiger partial charge in [0.05, 0.1) is 0 Å². The Hall–Kier alpha value is -2.69. The Bertz CT molecular complexity index is 1730. The molecule has 0 aliphatic heterocycles. The highest BCUT2D eigenvalue weighted by molar-refractivity contribution is 7.19. The molecular formula is C45H57P. The predicted molar refractivity (Wildman–Crippen MR) is 203 cm³/mol. The summed E-state index contributed by atoms with van der Waals surface area (Å²) >= 11 is 0. The topological polar surface area (TPSA) is 0 Å². The molecule has 4 aromatic carbocycles. The molecule has 1 heteroatoms. The van der Waals surface area contributed by atoms with Crippen LogP contribution in [0.3, 0.4) is 0 Å². The minimum Gasteiger partial charge on any atom is -0.124 e. The van der Waals surface area contributed by atoms with Crippen molar-refractivity contribution in [2.24, 2.45) is 0 Å². The molecular weight excluding hydrogens is 571 g/mol. The van der Waals surface area contributed by atoms with Gasteiger partial charge in [0.2, 0.25) is 0 Å². The molecule has 0 saturated carbocycles. The molecule has 4 aromatic rings. The van der Waals surface area contributed by atoms with E-state index in [-0.39, 0.29) is 38.1 Å². The molecule has 46 heavy (non-hydrogen) atoms. The SMILES string of the molecule is CC(C)(C)c1cc(C2c3ccccc3C3(CCc4ccccc43)C2(P)c2cc(C(C)(C)C)cc(C(C)(C)C)c2)cc(C(C)(C)C)c1. The summed E-state index contributed by atoms with van der Waals surface area (Å²) in [5.41, 5.74) is 14.6. The Balaban J connectivity index is 1.79. The Labute approximate surface area is 283 Å². The molecule has 0 bridgehead atoms. The molecule has 0 amide bonds. The van der Waals surface area contributed by atoms with Crippen molar-refractivity contribution in [1.82, 2.24) is 0 Å². The maximum atomic E-state index is 3.62. The zero-order valence-electron chi connectivity index (χ0n) is 30.7. The lowest BCUT2D eigenvalue weighted by Gasteiger charge is -2.47. The highest BCUT2D eigenvalue weighted by atomic mass is 31.0. The highest BCUT2D eigenvalue weighted by Gasteiger charge is 2.64. The molecule has 0 saturated heterocycles. The molecule has 0 aromatic heterocycles. The Morgan fingerprint density at radius 2 is 0.978 bits per heavy atom. The van der Waals surface area contributed by atoms with Crippen molar-refractivity contribution < 1.29 is 0 Å². The van der Waals surface area contributed by atoms with E-state index < -0.39 is 0 Å². The molecule has 0 nitrogen and oxygen atoms in total. The van der Waals surface area contributed by atoms with Crippen LogP contribution in [0.5, 0.6) is 0 Å². The highest BCUT2D eigenvalue weighted by Crippen LogP contribution is 2.71. The summed E-state index contributed by atoms with van der Waals surface area (Å²) < 4.78 is 0. The first-order valence-corrected chi connectivity index (χ1v) is 18.1. The third-order valence-electron chi connectivity index (χ3n) is 11.3. The molecule has 0 heterocycles. The van der Waals surface area contributed by atoms with Gasteiger partial charge in [0.1, 0.15) is 0 Å². The van der Waals surface area contributed by atoms with Crippen LogP contribution in [0, 0.1) is 0 Å². The van der Waals surface area contributed by atoms with E-state index in [1.807, 2.05) is 0 Å². The van der Waals surface area contributed by atoms with Crippen LogP contribution >= 0.6 is 9.24 Å². The fraction of sp³-hybridized carbons (Fsp3) is 0.467. The second kappa shape index (κ2) is 10.7. The van der Waals surface area contributed by atoms with Gasteiger partial charge in [0, 0.05) is 16.5 Å². The predicted octanol–water partition coefficient (Wildman–Crippen LogP) is 12.0. The van der Waals surface area contributed by atoms with Crippen LogP contribution in [0.25, 0.3) is 0 Å². The van der Waals surface area contributed by atoms with Crippen molar-refractivity contribution in [2.75, 3.05) is 0 Å². The molecule has 0 radical (unpaired) electrons. The minimum absolute atomic E-state index is 0.0320. The summed E-state index contributed by atoms with van der Waals surface area (Å²) in [4.78, 5) is 0. The van der Waals surface area contributed by atoms with E-state index in [4.69, 9.17) is 0 Å². The van der Waals surface area contributed by atoms with Crippen molar-refractivity contribution in [1.29, 1.82) is 0 Å². The number of hydrogen-bond donors (Lipinski definition) is 0. The quantitative estimate of drug-likeness (QED) is 0.194. The third-order valence-corrected chi connectivity index (χ3v) is 12.5. The van der Waals surface area contributed by atoms with Gasteiger partial charge in [-0.1, -0.05) is 168 Å². The van der Waals surface area contributed by atoms with Crippen molar-refractivity contribution in [3.8, 4) is 0 Å². The van der Waals surface area contributed by atoms with E-state index in [1.54, 1.807) is 0 Å². The number of benzene rings is 4. The average Bonchev–Trinajstić information content (AvgIpc) is 3.46. The van der Waals surface area contributed by atoms with E-state index in [0.717, 1.165) is 12.8 Å². The standard InChI is InChI=1S/C45H57P/c1-40(2,3)31-23-30(24-32(25-31)41(4,5)6)39-36-18-14-16-20-38(36)44(22-21-29-17-13-15-19-37(29)44)45(39,46)35-27-33(42(7,8)9)26-34(28-35)43(10,11)12/h13-20,23-28,39H,21-22,46H2,1-12H3. The lowest BCUT2D eigenvalue weighted by Crippen LogP contribution is -2.44. The van der Waals surface area contributed by atoms with Gasteiger partial charge < -0.3 is 0 Å². The Morgan fingerprint density at radius 1 is 0.543 bits per heavy atom. The van der Waals surface area contributed by atoms with Gasteiger partial charge in [-0.2, -0.15) is 0 Å². The summed E-state index contributed by atoms with van der Waals surface area (Å²) in [6.07, 6.45) is 2.22. The smallest absolute Gasteiger partial charge is 0.0351 e. The number of rotatable bonds is 2. The van der Waals surface area contributed by atoms with Gasteiger partial charge in [0.15, 0.2) is 0 Å². The normalized spacial score (nSPS) is 23.1. The second-order valence-corrected chi connectivity index (χ2v) is 19.5. The first-order valence-electron chi connectivity index (χ1n) is 17.5. The van der Waals surface area contributed by atoms with E-state index in [2.05, 4.69) is 177 Å². The molecule has 4 unspecified atom stereocenters. The van der Waals surface area contributed by atoms with Crippen LogP contribution in [0.1, 0.15) is 151 Å². The zero-order chi connectivity index (χ0) is 33.7. The third kappa shape index (κ3) is 5.14. The summed E-state index contributed by atoms with van der Waals surface area (Å²) in [5.74, 6) is 0.172. The zero-order valence-corrected chi connectivity index (χ0v) is 31.8. The first kappa shape index (κ1) is 33.2.